The van der Waals surface area contributed by atoms with Gasteiger partial charge in [0.05, 0.1) is 5.69 Å². The predicted octanol–water partition coefficient (Wildman–Crippen LogP) is 4.95. The highest BCUT2D eigenvalue weighted by molar-refractivity contribution is 5.34. The zero-order valence-corrected chi connectivity index (χ0v) is 14.8. The Balaban J connectivity index is 1.64. The summed E-state index contributed by atoms with van der Waals surface area (Å²) in [5.74, 6) is 1.78. The molecule has 0 aliphatic heterocycles. The first-order valence-electron chi connectivity index (χ1n) is 8.26. The fourth-order valence-corrected chi connectivity index (χ4v) is 2.85. The van der Waals surface area contributed by atoms with Crippen molar-refractivity contribution in [2.24, 2.45) is 0 Å². The molecule has 1 atom stereocenters. The second-order valence-electron chi connectivity index (χ2n) is 6.28. The first kappa shape index (κ1) is 18.3. The van der Waals surface area contributed by atoms with Crippen molar-refractivity contribution in [1.29, 1.82) is 0 Å². The molecule has 1 aromatic carbocycles. The summed E-state index contributed by atoms with van der Waals surface area (Å²) >= 11 is 0. The molecule has 0 aliphatic carbocycles. The van der Waals surface area contributed by atoms with Gasteiger partial charge in [-0.1, -0.05) is 12.1 Å². The summed E-state index contributed by atoms with van der Waals surface area (Å²) in [5.41, 5.74) is 1.83. The number of hydrogen-bond acceptors (Lipinski definition) is 3. The fourth-order valence-electron chi connectivity index (χ4n) is 2.85. The molecule has 3 aromatic rings. The van der Waals surface area contributed by atoms with E-state index in [1.54, 1.807) is 12.1 Å². The lowest BCUT2D eigenvalue weighted by Crippen LogP contribution is -2.18. The van der Waals surface area contributed by atoms with Crippen molar-refractivity contribution >= 4 is 0 Å². The van der Waals surface area contributed by atoms with Crippen molar-refractivity contribution in [3.8, 4) is 5.69 Å². The maximum Gasteiger partial charge on any atom is 0.435 e. The molecule has 0 amide bonds. The summed E-state index contributed by atoms with van der Waals surface area (Å²) in [4.78, 5) is 0. The first-order valence-corrected chi connectivity index (χ1v) is 8.26. The van der Waals surface area contributed by atoms with E-state index in [-0.39, 0.29) is 6.04 Å². The summed E-state index contributed by atoms with van der Waals surface area (Å²) < 4.78 is 44.7. The molecule has 0 aliphatic rings. The Kier molecular flexibility index (Phi) is 4.91. The number of nitrogens with one attached hydrogen (secondary N) is 1. The van der Waals surface area contributed by atoms with E-state index in [4.69, 9.17) is 4.42 Å². The molecule has 0 radical (unpaired) electrons. The second kappa shape index (κ2) is 6.99. The number of rotatable bonds is 5. The monoisotopic (exact) mass is 363 g/mol. The molecule has 7 heteroatoms. The van der Waals surface area contributed by atoms with Crippen LogP contribution in [-0.2, 0) is 12.7 Å². The van der Waals surface area contributed by atoms with Crippen LogP contribution in [0.15, 0.2) is 47.0 Å². The summed E-state index contributed by atoms with van der Waals surface area (Å²) in [6.07, 6.45) is -3.13. The highest BCUT2D eigenvalue weighted by Crippen LogP contribution is 2.28. The topological polar surface area (TPSA) is 43.0 Å². The molecule has 1 unspecified atom stereocenters. The zero-order chi connectivity index (χ0) is 18.9. The normalized spacial score (nSPS) is 13.2. The van der Waals surface area contributed by atoms with Gasteiger partial charge < -0.3 is 9.73 Å². The van der Waals surface area contributed by atoms with Gasteiger partial charge in [-0.05, 0) is 50.6 Å². The van der Waals surface area contributed by atoms with Crippen LogP contribution in [0.2, 0.25) is 0 Å². The van der Waals surface area contributed by atoms with E-state index in [0.29, 0.717) is 12.2 Å². The SMILES string of the molecule is Cc1cc(C(C)NCc2ccc(-n3ccc(C(F)(F)F)n3)cc2)c(C)o1. The minimum Gasteiger partial charge on any atom is -0.466 e. The summed E-state index contributed by atoms with van der Waals surface area (Å²) in [6, 6.07) is 10.4. The van der Waals surface area contributed by atoms with Gasteiger partial charge >= 0.3 is 6.18 Å². The van der Waals surface area contributed by atoms with E-state index in [0.717, 1.165) is 28.7 Å². The lowest BCUT2D eigenvalue weighted by Gasteiger charge is -2.13. The molecule has 2 heterocycles. The lowest BCUT2D eigenvalue weighted by molar-refractivity contribution is -0.141. The highest BCUT2D eigenvalue weighted by atomic mass is 19.4. The van der Waals surface area contributed by atoms with Gasteiger partial charge in [0, 0.05) is 24.3 Å². The van der Waals surface area contributed by atoms with Crippen molar-refractivity contribution in [2.45, 2.75) is 39.5 Å². The summed E-state index contributed by atoms with van der Waals surface area (Å²) in [5, 5.41) is 6.99. The van der Waals surface area contributed by atoms with Crippen LogP contribution in [0.3, 0.4) is 0 Å². The molecule has 0 saturated heterocycles. The van der Waals surface area contributed by atoms with E-state index in [9.17, 15) is 13.2 Å². The van der Waals surface area contributed by atoms with Gasteiger partial charge in [0.1, 0.15) is 11.5 Å². The van der Waals surface area contributed by atoms with Crippen molar-refractivity contribution in [3.05, 3.63) is 70.9 Å². The predicted molar refractivity (Wildman–Crippen MR) is 92.0 cm³/mol. The van der Waals surface area contributed by atoms with Gasteiger partial charge in [-0.25, -0.2) is 4.68 Å². The molecule has 26 heavy (non-hydrogen) atoms. The van der Waals surface area contributed by atoms with E-state index >= 15 is 0 Å². The number of aromatic nitrogens is 2. The Morgan fingerprint density at radius 1 is 1.15 bits per heavy atom. The quantitative estimate of drug-likeness (QED) is 0.697. The third-order valence-electron chi connectivity index (χ3n) is 4.24. The van der Waals surface area contributed by atoms with Crippen LogP contribution >= 0.6 is 0 Å². The molecule has 138 valence electrons. The van der Waals surface area contributed by atoms with Crippen LogP contribution in [0, 0.1) is 13.8 Å². The highest BCUT2D eigenvalue weighted by Gasteiger charge is 2.33. The third kappa shape index (κ3) is 3.99. The Morgan fingerprint density at radius 2 is 1.85 bits per heavy atom. The molecule has 0 bridgehead atoms. The number of hydrogen-bond donors (Lipinski definition) is 1. The Hall–Kier alpha value is -2.54. The van der Waals surface area contributed by atoms with Crippen molar-refractivity contribution < 1.29 is 17.6 Å². The van der Waals surface area contributed by atoms with E-state index in [2.05, 4.69) is 17.3 Å². The van der Waals surface area contributed by atoms with E-state index in [1.165, 1.54) is 10.9 Å². The van der Waals surface area contributed by atoms with E-state index < -0.39 is 11.9 Å². The summed E-state index contributed by atoms with van der Waals surface area (Å²) in [6.45, 7) is 6.56. The molecule has 0 saturated carbocycles. The molecular weight excluding hydrogens is 343 g/mol. The van der Waals surface area contributed by atoms with Gasteiger partial charge in [0.2, 0.25) is 0 Å². The van der Waals surface area contributed by atoms with Gasteiger partial charge in [-0.2, -0.15) is 18.3 Å². The van der Waals surface area contributed by atoms with Crippen LogP contribution in [0.5, 0.6) is 0 Å². The standard InChI is InChI=1S/C19H20F3N3O/c1-12-10-17(14(3)26-12)13(2)23-11-15-4-6-16(7-5-15)25-9-8-18(24-25)19(20,21)22/h4-10,13,23H,11H2,1-3H3. The minimum absolute atomic E-state index is 0.132. The molecule has 1 N–H and O–H groups in total. The van der Waals surface area contributed by atoms with Crippen molar-refractivity contribution in [3.63, 3.8) is 0 Å². The first-order chi connectivity index (χ1) is 12.2. The molecule has 4 nitrogen and oxygen atoms in total. The molecule has 0 fully saturated rings. The Bertz CT molecular complexity index is 878. The van der Waals surface area contributed by atoms with Crippen LogP contribution < -0.4 is 5.32 Å². The van der Waals surface area contributed by atoms with Gasteiger partial charge in [-0.15, -0.1) is 0 Å². The van der Waals surface area contributed by atoms with Gasteiger partial charge in [-0.3, -0.25) is 0 Å². The summed E-state index contributed by atoms with van der Waals surface area (Å²) in [7, 11) is 0. The van der Waals surface area contributed by atoms with Crippen molar-refractivity contribution in [1.82, 2.24) is 15.1 Å². The average Bonchev–Trinajstić information content (AvgIpc) is 3.19. The Labute approximate surface area is 149 Å². The van der Waals surface area contributed by atoms with Crippen LogP contribution in [-0.4, -0.2) is 9.78 Å². The minimum atomic E-state index is -4.44. The maximum absolute atomic E-state index is 12.6. The molecular formula is C19H20F3N3O. The van der Waals surface area contributed by atoms with Crippen LogP contribution in [0.25, 0.3) is 5.69 Å². The largest absolute Gasteiger partial charge is 0.466 e. The molecule has 2 aromatic heterocycles. The molecule has 3 rings (SSSR count). The fraction of sp³-hybridized carbons (Fsp3) is 0.316. The maximum atomic E-state index is 12.6. The zero-order valence-electron chi connectivity index (χ0n) is 14.8. The number of nitrogens with zero attached hydrogens (tertiary/aromatic N) is 2. The number of benzene rings is 1. The number of furan rings is 1. The number of aryl methyl sites for hydroxylation is 2. The van der Waals surface area contributed by atoms with E-state index in [1.807, 2.05) is 32.0 Å². The third-order valence-corrected chi connectivity index (χ3v) is 4.24. The van der Waals surface area contributed by atoms with Crippen molar-refractivity contribution in [2.75, 3.05) is 0 Å². The smallest absolute Gasteiger partial charge is 0.435 e. The van der Waals surface area contributed by atoms with Crippen LogP contribution in [0.1, 0.15) is 41.3 Å². The number of halogens is 3. The lowest BCUT2D eigenvalue weighted by atomic mass is 10.1. The Morgan fingerprint density at radius 3 is 2.38 bits per heavy atom. The number of alkyl halides is 3. The average molecular weight is 363 g/mol. The second-order valence-corrected chi connectivity index (χ2v) is 6.28. The van der Waals surface area contributed by atoms with Gasteiger partial charge in [0.15, 0.2) is 5.69 Å². The van der Waals surface area contributed by atoms with Gasteiger partial charge in [0.25, 0.3) is 0 Å². The van der Waals surface area contributed by atoms with Crippen LogP contribution in [0.4, 0.5) is 13.2 Å². The molecule has 0 spiro atoms.